The van der Waals surface area contributed by atoms with Crippen LogP contribution < -0.4 is 0 Å². The first-order valence-electron chi connectivity index (χ1n) is 5.80. The summed E-state index contributed by atoms with van der Waals surface area (Å²) in [6.45, 7) is 7.85. The number of rotatable bonds is 2. The van der Waals surface area contributed by atoms with Crippen LogP contribution in [0.1, 0.15) is 39.9 Å². The van der Waals surface area contributed by atoms with Gasteiger partial charge in [0.05, 0.1) is 0 Å². The topological polar surface area (TPSA) is 33.4 Å². The molecule has 17 heavy (non-hydrogen) atoms. The Morgan fingerprint density at radius 1 is 0.941 bits per heavy atom. The van der Waals surface area contributed by atoms with Gasteiger partial charge in [-0.3, -0.25) is 0 Å². The van der Waals surface area contributed by atoms with Crippen molar-refractivity contribution < 1.29 is 9.52 Å². The van der Waals surface area contributed by atoms with Crippen molar-refractivity contribution in [2.75, 3.05) is 0 Å². The Bertz CT molecular complexity index is 518. The summed E-state index contributed by atoms with van der Waals surface area (Å²) in [5, 5.41) is 10.4. The Kier molecular flexibility index (Phi) is 3.07. The van der Waals surface area contributed by atoms with Crippen molar-refractivity contribution in [1.82, 2.24) is 0 Å². The maximum atomic E-state index is 10.4. The van der Waals surface area contributed by atoms with Crippen LogP contribution in [0.3, 0.4) is 0 Å². The van der Waals surface area contributed by atoms with Crippen LogP contribution in [-0.2, 0) is 0 Å². The van der Waals surface area contributed by atoms with E-state index in [0.717, 1.165) is 33.8 Å². The van der Waals surface area contributed by atoms with E-state index in [1.165, 1.54) is 0 Å². The third-order valence-electron chi connectivity index (χ3n) is 2.93. The average molecular weight is 230 g/mol. The fourth-order valence-corrected chi connectivity index (χ4v) is 2.27. The molecule has 1 unspecified atom stereocenters. The summed E-state index contributed by atoms with van der Waals surface area (Å²) in [5.41, 5.74) is 4.10. The number of hydrogen-bond donors (Lipinski definition) is 1. The minimum Gasteiger partial charge on any atom is -0.466 e. The van der Waals surface area contributed by atoms with E-state index in [-0.39, 0.29) is 0 Å². The molecule has 0 saturated heterocycles. The lowest BCUT2D eigenvalue weighted by Gasteiger charge is -2.12. The van der Waals surface area contributed by atoms with Gasteiger partial charge < -0.3 is 9.52 Å². The molecule has 2 nitrogen and oxygen atoms in total. The summed E-state index contributed by atoms with van der Waals surface area (Å²) in [6.07, 6.45) is -0.606. The molecule has 90 valence electrons. The Morgan fingerprint density at radius 2 is 1.53 bits per heavy atom. The van der Waals surface area contributed by atoms with Crippen molar-refractivity contribution in [2.45, 2.75) is 33.8 Å². The van der Waals surface area contributed by atoms with Gasteiger partial charge in [0, 0.05) is 5.56 Å². The first kappa shape index (κ1) is 11.9. The lowest BCUT2D eigenvalue weighted by Crippen LogP contribution is -2.00. The molecule has 0 aliphatic carbocycles. The van der Waals surface area contributed by atoms with Crippen LogP contribution in [0.4, 0.5) is 0 Å². The zero-order valence-corrected chi connectivity index (χ0v) is 10.7. The van der Waals surface area contributed by atoms with Gasteiger partial charge in [0.15, 0.2) is 0 Å². The second kappa shape index (κ2) is 4.38. The fourth-order valence-electron chi connectivity index (χ4n) is 2.27. The molecule has 0 amide bonds. The smallest absolute Gasteiger partial charge is 0.107 e. The third-order valence-corrected chi connectivity index (χ3v) is 2.93. The van der Waals surface area contributed by atoms with Crippen LogP contribution in [0.25, 0.3) is 0 Å². The van der Waals surface area contributed by atoms with Crippen molar-refractivity contribution in [3.8, 4) is 0 Å². The number of aryl methyl sites for hydroxylation is 4. The molecule has 0 spiro atoms. The number of aliphatic hydroxyl groups is 1. The van der Waals surface area contributed by atoms with Crippen LogP contribution in [0.5, 0.6) is 0 Å². The summed E-state index contributed by atoms with van der Waals surface area (Å²) < 4.78 is 5.46. The van der Waals surface area contributed by atoms with Gasteiger partial charge in [-0.2, -0.15) is 0 Å². The molecule has 0 radical (unpaired) electrons. The van der Waals surface area contributed by atoms with Crippen molar-refractivity contribution in [3.05, 3.63) is 58.0 Å². The molecule has 0 fully saturated rings. The van der Waals surface area contributed by atoms with Gasteiger partial charge in [-0.05, 0) is 39.3 Å². The Morgan fingerprint density at radius 3 is 2.00 bits per heavy atom. The van der Waals surface area contributed by atoms with E-state index in [4.69, 9.17) is 4.42 Å². The van der Waals surface area contributed by atoms with Crippen LogP contribution in [0.15, 0.2) is 28.7 Å². The van der Waals surface area contributed by atoms with E-state index in [1.807, 2.05) is 45.9 Å². The van der Waals surface area contributed by atoms with E-state index < -0.39 is 6.10 Å². The zero-order valence-electron chi connectivity index (χ0n) is 10.7. The largest absolute Gasteiger partial charge is 0.466 e. The fraction of sp³-hybridized carbons (Fsp3) is 0.333. The minimum atomic E-state index is -0.606. The first-order chi connectivity index (χ1) is 7.97. The highest BCUT2D eigenvalue weighted by Crippen LogP contribution is 2.28. The average Bonchev–Trinajstić information content (AvgIpc) is 2.55. The van der Waals surface area contributed by atoms with Crippen molar-refractivity contribution in [1.29, 1.82) is 0 Å². The molecular weight excluding hydrogens is 212 g/mol. The second-order valence-corrected chi connectivity index (χ2v) is 4.69. The molecule has 1 N–H and O–H groups in total. The molecule has 2 rings (SSSR count). The van der Waals surface area contributed by atoms with Gasteiger partial charge in [0.25, 0.3) is 0 Å². The van der Waals surface area contributed by atoms with Crippen LogP contribution >= 0.6 is 0 Å². The van der Waals surface area contributed by atoms with Gasteiger partial charge in [0.2, 0.25) is 0 Å². The van der Waals surface area contributed by atoms with Gasteiger partial charge in [0.1, 0.15) is 17.6 Å². The van der Waals surface area contributed by atoms with E-state index in [0.29, 0.717) is 0 Å². The van der Waals surface area contributed by atoms with Crippen LogP contribution in [0, 0.1) is 27.7 Å². The predicted octanol–water partition coefficient (Wildman–Crippen LogP) is 3.59. The highest BCUT2D eigenvalue weighted by Gasteiger charge is 2.16. The molecule has 2 heteroatoms. The van der Waals surface area contributed by atoms with Gasteiger partial charge in [-0.15, -0.1) is 0 Å². The predicted molar refractivity (Wildman–Crippen MR) is 68.2 cm³/mol. The molecule has 0 saturated carbocycles. The summed E-state index contributed by atoms with van der Waals surface area (Å²) in [6, 6.07) is 8.03. The summed E-state index contributed by atoms with van der Waals surface area (Å²) in [5.74, 6) is 1.62. The number of furan rings is 1. The maximum absolute atomic E-state index is 10.4. The zero-order chi connectivity index (χ0) is 12.6. The highest BCUT2D eigenvalue weighted by molar-refractivity contribution is 5.36. The normalized spacial score (nSPS) is 12.8. The molecular formula is C15H18O2. The molecule has 0 bridgehead atoms. The SMILES string of the molecule is Cc1cc(C)cc(C(O)c2cc(C)oc2C)c1. The summed E-state index contributed by atoms with van der Waals surface area (Å²) in [7, 11) is 0. The van der Waals surface area contributed by atoms with E-state index in [9.17, 15) is 5.11 Å². The quantitative estimate of drug-likeness (QED) is 0.855. The first-order valence-corrected chi connectivity index (χ1v) is 5.80. The second-order valence-electron chi connectivity index (χ2n) is 4.69. The molecule has 1 atom stereocenters. The van der Waals surface area contributed by atoms with Crippen molar-refractivity contribution in [3.63, 3.8) is 0 Å². The van der Waals surface area contributed by atoms with Crippen LogP contribution in [0.2, 0.25) is 0 Å². The minimum absolute atomic E-state index is 0.606. The van der Waals surface area contributed by atoms with E-state index >= 15 is 0 Å². The molecule has 2 aromatic rings. The van der Waals surface area contributed by atoms with Crippen molar-refractivity contribution in [2.24, 2.45) is 0 Å². The third kappa shape index (κ3) is 2.42. The van der Waals surface area contributed by atoms with Crippen molar-refractivity contribution >= 4 is 0 Å². The lowest BCUT2D eigenvalue weighted by molar-refractivity contribution is 0.218. The molecule has 1 heterocycles. The van der Waals surface area contributed by atoms with E-state index in [1.54, 1.807) is 0 Å². The molecule has 1 aromatic heterocycles. The van der Waals surface area contributed by atoms with E-state index in [2.05, 4.69) is 6.07 Å². The lowest BCUT2D eigenvalue weighted by atomic mass is 9.98. The Balaban J connectivity index is 2.43. The number of aliphatic hydroxyl groups excluding tert-OH is 1. The highest BCUT2D eigenvalue weighted by atomic mass is 16.3. The number of benzene rings is 1. The van der Waals surface area contributed by atoms with Gasteiger partial charge >= 0.3 is 0 Å². The Hall–Kier alpha value is -1.54. The molecule has 0 aliphatic heterocycles. The molecule has 1 aromatic carbocycles. The summed E-state index contributed by atoms with van der Waals surface area (Å²) in [4.78, 5) is 0. The number of hydrogen-bond acceptors (Lipinski definition) is 2. The standard InChI is InChI=1S/C15H18O2/c1-9-5-10(2)7-13(6-9)15(16)14-8-11(3)17-12(14)4/h5-8,15-16H,1-4H3. The molecule has 0 aliphatic rings. The van der Waals surface area contributed by atoms with Gasteiger partial charge in [-0.25, -0.2) is 0 Å². The van der Waals surface area contributed by atoms with Crippen LogP contribution in [-0.4, -0.2) is 5.11 Å². The van der Waals surface area contributed by atoms with Gasteiger partial charge in [-0.1, -0.05) is 29.3 Å². The maximum Gasteiger partial charge on any atom is 0.107 e. The Labute approximate surface area is 102 Å². The monoisotopic (exact) mass is 230 g/mol. The summed E-state index contributed by atoms with van der Waals surface area (Å²) >= 11 is 0.